The quantitative estimate of drug-likeness (QED) is 0.155. The van der Waals surface area contributed by atoms with E-state index in [4.69, 9.17) is 28.2 Å². The van der Waals surface area contributed by atoms with Gasteiger partial charge in [0.25, 0.3) is 0 Å². The number of hydrogen-bond donors (Lipinski definition) is 1. The first-order valence-electron chi connectivity index (χ1n) is 13.1. The SMILES string of the molecule is CC(OC(=O)C1C2OC3C(OC(=O)C31)C2OC(=O)CCC(=O)OC(C)C(F)(F)S(=O)(=O)O)OC1CC2CCC1C2. The van der Waals surface area contributed by atoms with Gasteiger partial charge < -0.3 is 28.4 Å². The van der Waals surface area contributed by atoms with Crippen molar-refractivity contribution < 1.29 is 69.4 Å². The zero-order chi connectivity index (χ0) is 29.1. The average molecular weight is 597 g/mol. The highest BCUT2D eigenvalue weighted by Crippen LogP contribution is 2.52. The third kappa shape index (κ3) is 5.18. The van der Waals surface area contributed by atoms with E-state index in [-0.39, 0.29) is 6.10 Å². The van der Waals surface area contributed by atoms with Gasteiger partial charge in [-0.3, -0.25) is 23.7 Å². The Kier molecular flexibility index (Phi) is 7.59. The molecule has 0 aromatic carbocycles. The molecule has 5 rings (SSSR count). The van der Waals surface area contributed by atoms with E-state index in [0.717, 1.165) is 19.3 Å². The van der Waals surface area contributed by atoms with Crippen LogP contribution >= 0.6 is 0 Å². The van der Waals surface area contributed by atoms with Crippen LogP contribution < -0.4 is 0 Å². The van der Waals surface area contributed by atoms with Crippen LogP contribution in [-0.2, 0) is 57.7 Å². The van der Waals surface area contributed by atoms with E-state index in [1.807, 2.05) is 0 Å². The van der Waals surface area contributed by atoms with Crippen molar-refractivity contribution >= 4 is 34.0 Å². The zero-order valence-corrected chi connectivity index (χ0v) is 22.4. The number of carbonyl (C=O) groups excluding carboxylic acids is 4. The van der Waals surface area contributed by atoms with Gasteiger partial charge in [0.05, 0.1) is 18.9 Å². The molecule has 224 valence electrons. The fourth-order valence-corrected chi connectivity index (χ4v) is 7.03. The van der Waals surface area contributed by atoms with Crippen LogP contribution in [0.1, 0.15) is 52.4 Å². The molecule has 0 spiro atoms. The van der Waals surface area contributed by atoms with E-state index >= 15 is 0 Å². The number of halogens is 2. The summed E-state index contributed by atoms with van der Waals surface area (Å²) >= 11 is 0. The largest absolute Gasteiger partial charge is 0.455 e. The minimum absolute atomic E-state index is 0.00121. The second kappa shape index (κ2) is 10.4. The van der Waals surface area contributed by atoms with Crippen LogP contribution in [0, 0.1) is 23.7 Å². The minimum atomic E-state index is -5.84. The first-order valence-corrected chi connectivity index (χ1v) is 14.6. The molecule has 11 unspecified atom stereocenters. The number of carbonyl (C=O) groups is 4. The van der Waals surface area contributed by atoms with E-state index in [1.54, 1.807) is 6.92 Å². The Hall–Kier alpha value is -2.43. The van der Waals surface area contributed by atoms with Gasteiger partial charge in [-0.15, -0.1) is 0 Å². The van der Waals surface area contributed by atoms with Gasteiger partial charge >= 0.3 is 39.2 Å². The monoisotopic (exact) mass is 596 g/mol. The predicted molar refractivity (Wildman–Crippen MR) is 123 cm³/mol. The van der Waals surface area contributed by atoms with Crippen LogP contribution in [-0.4, -0.2) is 85.0 Å². The molecule has 2 aliphatic carbocycles. The lowest BCUT2D eigenvalue weighted by Gasteiger charge is -2.29. The Morgan fingerprint density at radius 3 is 2.38 bits per heavy atom. The molecular formula is C24H30F2O13S. The number of alkyl halides is 2. The van der Waals surface area contributed by atoms with E-state index < -0.39 is 101 Å². The molecule has 11 atom stereocenters. The van der Waals surface area contributed by atoms with Crippen LogP contribution in [0.3, 0.4) is 0 Å². The molecule has 3 aliphatic heterocycles. The minimum Gasteiger partial charge on any atom is -0.455 e. The number of ether oxygens (including phenoxy) is 6. The molecule has 5 fully saturated rings. The van der Waals surface area contributed by atoms with Crippen LogP contribution in [0.15, 0.2) is 0 Å². The smallest absolute Gasteiger partial charge is 0.405 e. The number of hydrogen-bond acceptors (Lipinski definition) is 12. The zero-order valence-electron chi connectivity index (χ0n) is 21.6. The summed E-state index contributed by atoms with van der Waals surface area (Å²) in [7, 11) is -5.84. The molecule has 13 nitrogen and oxygen atoms in total. The average Bonchev–Trinajstić information content (AvgIpc) is 3.65. The Labute approximate surface area is 227 Å². The van der Waals surface area contributed by atoms with Crippen LogP contribution in [0.4, 0.5) is 8.78 Å². The van der Waals surface area contributed by atoms with Crippen LogP contribution in [0.5, 0.6) is 0 Å². The van der Waals surface area contributed by atoms with Gasteiger partial charge in [-0.2, -0.15) is 17.2 Å². The van der Waals surface area contributed by atoms with Crippen molar-refractivity contribution in [3.8, 4) is 0 Å². The molecule has 0 aromatic rings. The summed E-state index contributed by atoms with van der Waals surface area (Å²) in [4.78, 5) is 49.9. The maximum Gasteiger partial charge on any atom is 0.405 e. The van der Waals surface area contributed by atoms with E-state index in [9.17, 15) is 36.4 Å². The summed E-state index contributed by atoms with van der Waals surface area (Å²) in [6, 6.07) is 0. The van der Waals surface area contributed by atoms with Crippen molar-refractivity contribution in [3.05, 3.63) is 0 Å². The van der Waals surface area contributed by atoms with Crippen LogP contribution in [0.25, 0.3) is 0 Å². The van der Waals surface area contributed by atoms with Crippen LogP contribution in [0.2, 0.25) is 0 Å². The van der Waals surface area contributed by atoms with Crippen molar-refractivity contribution in [2.45, 2.75) is 101 Å². The van der Waals surface area contributed by atoms with Gasteiger partial charge in [-0.1, -0.05) is 0 Å². The summed E-state index contributed by atoms with van der Waals surface area (Å²) < 4.78 is 89.5. The predicted octanol–water partition coefficient (Wildman–Crippen LogP) is 1.12. The third-order valence-electron chi connectivity index (χ3n) is 8.42. The summed E-state index contributed by atoms with van der Waals surface area (Å²) in [6.45, 7) is 2.15. The Bertz CT molecular complexity index is 1180. The van der Waals surface area contributed by atoms with Gasteiger partial charge in [0.1, 0.15) is 24.0 Å². The van der Waals surface area contributed by atoms with Gasteiger partial charge in [-0.05, 0) is 51.4 Å². The highest BCUT2D eigenvalue weighted by molar-refractivity contribution is 7.86. The molecule has 5 aliphatic rings. The lowest BCUT2D eigenvalue weighted by atomic mass is 9.78. The molecule has 40 heavy (non-hydrogen) atoms. The number of rotatable bonds is 11. The van der Waals surface area contributed by atoms with Crippen molar-refractivity contribution in [3.63, 3.8) is 0 Å². The maximum absolute atomic E-state index is 13.6. The van der Waals surface area contributed by atoms with E-state index in [0.29, 0.717) is 18.8 Å². The second-order valence-electron chi connectivity index (χ2n) is 11.0. The molecular weight excluding hydrogens is 566 g/mol. The molecule has 3 saturated heterocycles. The third-order valence-corrected chi connectivity index (χ3v) is 9.44. The Morgan fingerprint density at radius 2 is 1.75 bits per heavy atom. The number of esters is 4. The van der Waals surface area contributed by atoms with Crippen molar-refractivity contribution in [2.75, 3.05) is 0 Å². The van der Waals surface area contributed by atoms with Gasteiger partial charge in [0.2, 0.25) is 0 Å². The van der Waals surface area contributed by atoms with Gasteiger partial charge in [-0.25, -0.2) is 0 Å². The molecule has 16 heteroatoms. The van der Waals surface area contributed by atoms with E-state index in [2.05, 4.69) is 4.74 Å². The van der Waals surface area contributed by atoms with Gasteiger partial charge in [0.15, 0.2) is 24.6 Å². The Morgan fingerprint density at radius 1 is 1.05 bits per heavy atom. The highest BCUT2D eigenvalue weighted by Gasteiger charge is 2.72. The number of fused-ring (bicyclic) bond motifs is 3. The topological polar surface area (TPSA) is 178 Å². The summed E-state index contributed by atoms with van der Waals surface area (Å²) in [6.07, 6.45) is -4.61. The molecule has 0 radical (unpaired) electrons. The molecule has 0 amide bonds. The van der Waals surface area contributed by atoms with Crippen molar-refractivity contribution in [1.29, 1.82) is 0 Å². The highest BCUT2D eigenvalue weighted by atomic mass is 32.2. The standard InChI is InChI=1S/C24H30F2O13S/c1-9(24(25,26)40(31,32)33)34-14(27)5-6-15(28)37-20-18-16(17-19(38-18)21(20)39-23(17)30)22(29)36-10(2)35-13-8-11-3-4-12(13)7-11/h9-13,16-21H,3-8H2,1-2H3,(H,31,32,33). The summed E-state index contributed by atoms with van der Waals surface area (Å²) in [5.41, 5.74) is 0. The first kappa shape index (κ1) is 29.1. The first-order chi connectivity index (χ1) is 18.7. The molecule has 0 aromatic heterocycles. The lowest BCUT2D eigenvalue weighted by molar-refractivity contribution is -0.198. The van der Waals surface area contributed by atoms with Crippen molar-refractivity contribution in [2.24, 2.45) is 23.7 Å². The normalized spacial score (nSPS) is 37.2. The lowest BCUT2D eigenvalue weighted by Crippen LogP contribution is -2.48. The maximum atomic E-state index is 13.6. The molecule has 4 bridgehead atoms. The molecule has 2 saturated carbocycles. The Balaban J connectivity index is 1.14. The second-order valence-corrected chi connectivity index (χ2v) is 12.5. The van der Waals surface area contributed by atoms with Crippen molar-refractivity contribution in [1.82, 2.24) is 0 Å². The molecule has 1 N–H and O–H groups in total. The fraction of sp³-hybridized carbons (Fsp3) is 0.833. The van der Waals surface area contributed by atoms with E-state index in [1.165, 1.54) is 6.42 Å². The summed E-state index contributed by atoms with van der Waals surface area (Å²) in [5, 5.41) is -4.75. The molecule has 3 heterocycles. The fourth-order valence-electron chi connectivity index (χ4n) is 6.56. The van der Waals surface area contributed by atoms with Gasteiger partial charge in [0, 0.05) is 0 Å². The summed E-state index contributed by atoms with van der Waals surface area (Å²) in [5.74, 6) is -4.81.